The van der Waals surface area contributed by atoms with Crippen molar-refractivity contribution in [3.8, 4) is 0 Å². The number of nitrogens with one attached hydrogen (secondary N) is 1. The van der Waals surface area contributed by atoms with Crippen LogP contribution >= 0.6 is 0 Å². The highest BCUT2D eigenvalue weighted by Gasteiger charge is 2.45. The zero-order valence-corrected chi connectivity index (χ0v) is 12.9. The zero-order valence-electron chi connectivity index (χ0n) is 12.9. The van der Waals surface area contributed by atoms with Crippen LogP contribution in [0.2, 0.25) is 0 Å². The summed E-state index contributed by atoms with van der Waals surface area (Å²) in [5, 5.41) is 0. The number of aromatic nitrogens is 1. The van der Waals surface area contributed by atoms with Gasteiger partial charge >= 0.3 is 0 Å². The fraction of sp³-hybridized carbons (Fsp3) is 0.706. The Labute approximate surface area is 128 Å². The first kappa shape index (κ1) is 14.9. The van der Waals surface area contributed by atoms with Gasteiger partial charge in [-0.15, -0.1) is 0 Å². The Morgan fingerprint density at radius 1 is 1.14 bits per heavy atom. The fourth-order valence-corrected chi connectivity index (χ4v) is 4.34. The van der Waals surface area contributed by atoms with Gasteiger partial charge in [0.05, 0.1) is 0 Å². The van der Waals surface area contributed by atoms with Crippen molar-refractivity contribution in [1.82, 2.24) is 15.3 Å². The highest BCUT2D eigenvalue weighted by atomic mass is 15.3. The maximum Gasteiger partial charge on any atom is 0.0450 e. The molecule has 0 amide bonds. The second kappa shape index (κ2) is 6.86. The summed E-state index contributed by atoms with van der Waals surface area (Å²) in [6.45, 7) is 2.47. The van der Waals surface area contributed by atoms with Crippen LogP contribution in [-0.2, 0) is 6.42 Å². The molecule has 3 N–H and O–H groups in total. The molecule has 1 atom stereocenters. The molecule has 2 fully saturated rings. The first-order chi connectivity index (χ1) is 10.3. The topological polar surface area (TPSA) is 54.2 Å². The van der Waals surface area contributed by atoms with E-state index in [1.165, 1.54) is 58.0 Å². The van der Waals surface area contributed by atoms with E-state index in [0.29, 0.717) is 6.04 Å². The number of likely N-dealkylation sites (tertiary alicyclic amines) is 1. The Morgan fingerprint density at radius 3 is 2.52 bits per heavy atom. The van der Waals surface area contributed by atoms with Crippen molar-refractivity contribution in [2.75, 3.05) is 13.1 Å². The highest BCUT2D eigenvalue weighted by molar-refractivity contribution is 5.11. The quantitative estimate of drug-likeness (QED) is 0.644. The molecule has 116 valence electrons. The zero-order chi connectivity index (χ0) is 14.5. The van der Waals surface area contributed by atoms with E-state index >= 15 is 0 Å². The molecular formula is C17H28N4. The van der Waals surface area contributed by atoms with E-state index in [9.17, 15) is 0 Å². The minimum Gasteiger partial charge on any atom is -0.296 e. The van der Waals surface area contributed by atoms with Crippen molar-refractivity contribution in [3.05, 3.63) is 30.1 Å². The number of nitrogens with zero attached hydrogens (tertiary/aromatic N) is 2. The van der Waals surface area contributed by atoms with Gasteiger partial charge in [-0.05, 0) is 50.9 Å². The van der Waals surface area contributed by atoms with Crippen LogP contribution < -0.4 is 11.3 Å². The van der Waals surface area contributed by atoms with Crippen LogP contribution in [0.4, 0.5) is 0 Å². The summed E-state index contributed by atoms with van der Waals surface area (Å²) in [4.78, 5) is 7.23. The van der Waals surface area contributed by atoms with Crippen LogP contribution in [0, 0.1) is 0 Å². The lowest BCUT2D eigenvalue weighted by Gasteiger charge is -2.48. The average molecular weight is 288 g/mol. The third-order valence-electron chi connectivity index (χ3n) is 5.44. The van der Waals surface area contributed by atoms with Crippen LogP contribution in [0.15, 0.2) is 24.4 Å². The SMILES string of the molecule is NNC(Cc1ccccn1)C1(N2CCCCC2)CCCC1. The average Bonchev–Trinajstić information content (AvgIpc) is 3.05. The summed E-state index contributed by atoms with van der Waals surface area (Å²) in [7, 11) is 0. The van der Waals surface area contributed by atoms with E-state index in [1.807, 2.05) is 12.3 Å². The van der Waals surface area contributed by atoms with Gasteiger partial charge in [-0.25, -0.2) is 0 Å². The number of rotatable bonds is 5. The van der Waals surface area contributed by atoms with Crippen LogP contribution in [0.3, 0.4) is 0 Å². The van der Waals surface area contributed by atoms with Gasteiger partial charge in [0.15, 0.2) is 0 Å². The Hall–Kier alpha value is -0.970. The molecule has 1 aliphatic carbocycles. The van der Waals surface area contributed by atoms with Crippen molar-refractivity contribution in [2.45, 2.75) is 62.9 Å². The van der Waals surface area contributed by atoms with E-state index in [0.717, 1.165) is 12.1 Å². The van der Waals surface area contributed by atoms with Gasteiger partial charge < -0.3 is 0 Å². The molecule has 2 heterocycles. The number of hydrazine groups is 1. The lowest BCUT2D eigenvalue weighted by atomic mass is 9.82. The van der Waals surface area contributed by atoms with E-state index < -0.39 is 0 Å². The number of nitrogens with two attached hydrogens (primary N) is 1. The normalized spacial score (nSPS) is 24.0. The minimum atomic E-state index is 0.243. The predicted octanol–water partition coefficient (Wildman–Crippen LogP) is 2.25. The Bertz CT molecular complexity index is 422. The van der Waals surface area contributed by atoms with E-state index in [2.05, 4.69) is 27.4 Å². The van der Waals surface area contributed by atoms with Crippen molar-refractivity contribution < 1.29 is 0 Å². The van der Waals surface area contributed by atoms with Gasteiger partial charge in [0.25, 0.3) is 0 Å². The van der Waals surface area contributed by atoms with Crippen molar-refractivity contribution in [1.29, 1.82) is 0 Å². The van der Waals surface area contributed by atoms with Crippen LogP contribution in [0.1, 0.15) is 50.6 Å². The van der Waals surface area contributed by atoms with Gasteiger partial charge in [0.1, 0.15) is 0 Å². The third-order valence-corrected chi connectivity index (χ3v) is 5.44. The summed E-state index contributed by atoms with van der Waals surface area (Å²) in [5.41, 5.74) is 4.53. The second-order valence-corrected chi connectivity index (χ2v) is 6.60. The first-order valence-corrected chi connectivity index (χ1v) is 8.46. The molecular weight excluding hydrogens is 260 g/mol. The molecule has 4 nitrogen and oxygen atoms in total. The monoisotopic (exact) mass is 288 g/mol. The Morgan fingerprint density at radius 2 is 1.90 bits per heavy atom. The van der Waals surface area contributed by atoms with E-state index in [1.54, 1.807) is 0 Å². The third kappa shape index (κ3) is 3.12. The number of hydrogen-bond donors (Lipinski definition) is 2. The molecule has 0 bridgehead atoms. The summed E-state index contributed by atoms with van der Waals surface area (Å²) in [6.07, 6.45) is 12.1. The molecule has 1 saturated heterocycles. The van der Waals surface area contributed by atoms with Gasteiger partial charge in [0, 0.05) is 29.9 Å². The molecule has 21 heavy (non-hydrogen) atoms. The number of piperidine rings is 1. The van der Waals surface area contributed by atoms with Crippen LogP contribution in [0.5, 0.6) is 0 Å². The summed E-state index contributed by atoms with van der Waals surface area (Å²) < 4.78 is 0. The summed E-state index contributed by atoms with van der Waals surface area (Å²) in [6, 6.07) is 6.46. The largest absolute Gasteiger partial charge is 0.296 e. The smallest absolute Gasteiger partial charge is 0.0450 e. The molecule has 1 aliphatic heterocycles. The van der Waals surface area contributed by atoms with Gasteiger partial charge in [-0.3, -0.25) is 21.2 Å². The first-order valence-electron chi connectivity index (χ1n) is 8.46. The molecule has 0 radical (unpaired) electrons. The van der Waals surface area contributed by atoms with Crippen molar-refractivity contribution in [2.24, 2.45) is 5.84 Å². The van der Waals surface area contributed by atoms with Crippen molar-refractivity contribution in [3.63, 3.8) is 0 Å². The van der Waals surface area contributed by atoms with E-state index in [4.69, 9.17) is 5.84 Å². The molecule has 1 aromatic heterocycles. The standard InChI is InChI=1S/C17H28N4/c18-20-16(14-15-8-2-5-11-19-15)17(9-3-4-10-17)21-12-6-1-7-13-21/h2,5,8,11,16,20H,1,3-4,6-7,9-10,12-14,18H2. The van der Waals surface area contributed by atoms with Crippen LogP contribution in [-0.4, -0.2) is 34.6 Å². The maximum absolute atomic E-state index is 5.99. The molecule has 2 aliphatic rings. The molecule has 1 unspecified atom stereocenters. The Kier molecular flexibility index (Phi) is 4.88. The molecule has 4 heteroatoms. The van der Waals surface area contributed by atoms with Gasteiger partial charge in [-0.2, -0.15) is 0 Å². The van der Waals surface area contributed by atoms with Gasteiger partial charge in [-0.1, -0.05) is 25.3 Å². The lowest BCUT2D eigenvalue weighted by molar-refractivity contribution is 0.0363. The van der Waals surface area contributed by atoms with Crippen LogP contribution in [0.25, 0.3) is 0 Å². The maximum atomic E-state index is 5.99. The summed E-state index contributed by atoms with van der Waals surface area (Å²) >= 11 is 0. The second-order valence-electron chi connectivity index (χ2n) is 6.60. The molecule has 1 saturated carbocycles. The number of pyridine rings is 1. The van der Waals surface area contributed by atoms with Gasteiger partial charge in [0.2, 0.25) is 0 Å². The molecule has 0 aromatic carbocycles. The Balaban J connectivity index is 1.80. The summed E-state index contributed by atoms with van der Waals surface area (Å²) in [5.74, 6) is 5.99. The molecule has 0 spiro atoms. The molecule has 3 rings (SSSR count). The van der Waals surface area contributed by atoms with E-state index in [-0.39, 0.29) is 5.54 Å². The molecule has 1 aromatic rings. The minimum absolute atomic E-state index is 0.243. The predicted molar refractivity (Wildman–Crippen MR) is 85.7 cm³/mol. The number of hydrogen-bond acceptors (Lipinski definition) is 4. The highest BCUT2D eigenvalue weighted by Crippen LogP contribution is 2.40. The fourth-order valence-electron chi connectivity index (χ4n) is 4.34. The lowest BCUT2D eigenvalue weighted by Crippen LogP contribution is -2.63. The van der Waals surface area contributed by atoms with Crippen molar-refractivity contribution >= 4 is 0 Å².